The first-order valence-electron chi connectivity index (χ1n) is 1.23. The van der Waals surface area contributed by atoms with Gasteiger partial charge in [-0.1, -0.05) is 0 Å². The Labute approximate surface area is 80.9 Å². The van der Waals surface area contributed by atoms with E-state index in [1.165, 1.54) is 0 Å². The van der Waals surface area contributed by atoms with Crippen LogP contribution >= 0.6 is 7.82 Å². The molecule has 0 aromatic rings. The molecule has 0 rings (SSSR count). The van der Waals surface area contributed by atoms with Crippen molar-refractivity contribution in [3.05, 3.63) is 0 Å². The van der Waals surface area contributed by atoms with Crippen LogP contribution in [0, 0.1) is 11.5 Å². The summed E-state index contributed by atoms with van der Waals surface area (Å²) >= 11 is 0. The van der Waals surface area contributed by atoms with E-state index in [2.05, 4.69) is 0 Å². The second kappa shape index (κ2) is 12.1. The van der Waals surface area contributed by atoms with Crippen LogP contribution in [0.15, 0.2) is 0 Å². The van der Waals surface area contributed by atoms with Crippen molar-refractivity contribution in [1.29, 1.82) is 5.26 Å². The van der Waals surface area contributed by atoms with Crippen LogP contribution < -0.4 is 35.7 Å². The molecule has 0 amide bonds. The van der Waals surface area contributed by atoms with Crippen LogP contribution in [0.3, 0.4) is 0 Å². The summed E-state index contributed by atoms with van der Waals surface area (Å²) in [5.74, 6) is 0. The van der Waals surface area contributed by atoms with E-state index in [1.54, 1.807) is 0 Å². The molecule has 0 saturated carbocycles. The minimum Gasteiger partial charge on any atom is -1.00 e. The number of hydrogen-bond donors (Lipinski definition) is 5. The van der Waals surface area contributed by atoms with Gasteiger partial charge >= 0.3 is 37.4 Å². The van der Waals surface area contributed by atoms with Crippen LogP contribution in [0.25, 0.3) is 0 Å². The predicted octanol–water partition coefficient (Wildman–Crippen LogP) is -3.81. The molecule has 0 radical (unpaired) electrons. The first-order chi connectivity index (χ1) is 3.41. The fraction of sp³-hybridized carbons (Fsp3) is 0. The van der Waals surface area contributed by atoms with Gasteiger partial charge in [-0.3, -0.25) is 0 Å². The molecule has 0 aliphatic carbocycles. The third-order valence-corrected chi connectivity index (χ3v) is 0. The van der Waals surface area contributed by atoms with Gasteiger partial charge in [0.1, 0.15) is 0 Å². The zero-order chi connectivity index (χ0) is 7.21. The largest absolute Gasteiger partial charge is 1.00 e. The summed E-state index contributed by atoms with van der Waals surface area (Å²) in [6, 6.07) is 0. The zero-order valence-corrected chi connectivity index (χ0v) is 8.19. The monoisotopic (exact) mass is 182 g/mol. The molecule has 10 heavy (non-hydrogen) atoms. The van der Waals surface area contributed by atoms with Crippen LogP contribution in [0.5, 0.6) is 0 Å². The predicted molar refractivity (Wildman–Crippen MR) is 27.9 cm³/mol. The van der Waals surface area contributed by atoms with Gasteiger partial charge in [0, 0.05) is 0 Å². The topological polar surface area (TPSA) is 157 Å². The Hall–Kier alpha value is 0.360. The second-order valence-electron chi connectivity index (χ2n) is 0.613. The van der Waals surface area contributed by atoms with Gasteiger partial charge in [-0.15, -0.1) is 0 Å². The Bertz CT molecular complexity index is 123. The van der Waals surface area contributed by atoms with E-state index in [0.717, 1.165) is 6.26 Å². The molecule has 0 aromatic heterocycles. The maximum Gasteiger partial charge on any atom is 1.00 e. The Balaban J connectivity index is -0.0000000183. The fourth-order valence-electron chi connectivity index (χ4n) is 0. The average Bonchev–Trinajstić information content (AvgIpc) is 1.27. The number of nitrogens with zero attached hydrogens (tertiary/aromatic N) is 1. The van der Waals surface area contributed by atoms with Gasteiger partial charge in [-0.2, -0.15) is 5.26 Å². The Morgan fingerprint density at radius 3 is 1.40 bits per heavy atom. The van der Waals surface area contributed by atoms with Gasteiger partial charge < -0.3 is 27.4 Å². The van der Waals surface area contributed by atoms with Gasteiger partial charge in [0.25, 0.3) is 6.26 Å². The molecule has 9 heteroatoms. The molecule has 0 aromatic carbocycles. The van der Waals surface area contributed by atoms with Crippen molar-refractivity contribution < 1.29 is 55.3 Å². The quantitative estimate of drug-likeness (QED) is 0.146. The van der Waals surface area contributed by atoms with E-state index in [0.29, 0.717) is 0 Å². The Morgan fingerprint density at radius 2 is 1.40 bits per heavy atom. The molecule has 0 bridgehead atoms. The van der Waals surface area contributed by atoms with Crippen molar-refractivity contribution in [3.63, 3.8) is 0 Å². The number of rotatable bonds is 0. The SMILES string of the molecule is N.N#CO.O=P(O)(O)O.[H-].[Na+]. The third kappa shape index (κ3) is 3490. The fourth-order valence-corrected chi connectivity index (χ4v) is 0. The standard InChI is InChI=1S/CHNO.H3N.Na.H3O4P.H/c2-1-3;;;1-5(2,3)4;/h3H;1H3;;(H3,1,2,3,4);/q;;+1;;-1. The number of nitriles is 1. The van der Waals surface area contributed by atoms with E-state index in [1.807, 2.05) is 0 Å². The van der Waals surface area contributed by atoms with Crippen molar-refractivity contribution in [2.45, 2.75) is 0 Å². The van der Waals surface area contributed by atoms with Crippen LogP contribution in [-0.4, -0.2) is 19.8 Å². The molecule has 0 aliphatic heterocycles. The average molecular weight is 182 g/mol. The van der Waals surface area contributed by atoms with Crippen LogP contribution in [0.1, 0.15) is 1.43 Å². The minimum absolute atomic E-state index is 0. The third-order valence-electron chi connectivity index (χ3n) is 0. The van der Waals surface area contributed by atoms with Crippen molar-refractivity contribution >= 4 is 7.82 Å². The molecule has 58 valence electrons. The minimum atomic E-state index is -4.64. The summed E-state index contributed by atoms with van der Waals surface area (Å²) in [6.07, 6.45) is 0.750. The molecule has 0 aliphatic rings. The molecule has 7 N–H and O–H groups in total. The van der Waals surface area contributed by atoms with E-state index >= 15 is 0 Å². The zero-order valence-electron chi connectivity index (χ0n) is 6.30. The van der Waals surface area contributed by atoms with Crippen LogP contribution in [0.4, 0.5) is 0 Å². The normalized spacial score (nSPS) is 6.60. The smallest absolute Gasteiger partial charge is 1.00 e. The first kappa shape index (κ1) is 22.4. The summed E-state index contributed by atoms with van der Waals surface area (Å²) in [5.41, 5.74) is 0. The van der Waals surface area contributed by atoms with Gasteiger partial charge in [-0.05, 0) is 0 Å². The Kier molecular flexibility index (Phi) is 27.1. The summed E-state index contributed by atoms with van der Waals surface area (Å²) in [4.78, 5) is 21.6. The van der Waals surface area contributed by atoms with Crippen LogP contribution in [-0.2, 0) is 4.57 Å². The van der Waals surface area contributed by atoms with Crippen LogP contribution in [0.2, 0.25) is 0 Å². The second-order valence-corrected chi connectivity index (χ2v) is 1.64. The van der Waals surface area contributed by atoms with Gasteiger partial charge in [0.05, 0.1) is 0 Å². The molecule has 0 spiro atoms. The maximum absolute atomic E-state index is 8.88. The Morgan fingerprint density at radius 1 is 1.40 bits per heavy atom. The van der Waals surface area contributed by atoms with Crippen molar-refractivity contribution in [2.24, 2.45) is 0 Å². The van der Waals surface area contributed by atoms with Crippen molar-refractivity contribution in [2.75, 3.05) is 0 Å². The molecule has 0 fully saturated rings. The number of aliphatic hydroxyl groups excluding tert-OH is 1. The number of aliphatic hydroxyl groups is 1. The van der Waals surface area contributed by atoms with Gasteiger partial charge in [-0.25, -0.2) is 4.57 Å². The number of phosphoric acid groups is 1. The molecular weight excluding hydrogens is 174 g/mol. The van der Waals surface area contributed by atoms with E-state index in [-0.39, 0.29) is 37.1 Å². The molecule has 0 unspecified atom stereocenters. The van der Waals surface area contributed by atoms with Crippen molar-refractivity contribution in [1.82, 2.24) is 6.15 Å². The van der Waals surface area contributed by atoms with E-state index < -0.39 is 7.82 Å². The van der Waals surface area contributed by atoms with E-state index in [4.69, 9.17) is 29.6 Å². The summed E-state index contributed by atoms with van der Waals surface area (Å²) in [7, 11) is -4.64. The van der Waals surface area contributed by atoms with E-state index in [9.17, 15) is 0 Å². The molecule has 0 heterocycles. The first-order valence-corrected chi connectivity index (χ1v) is 2.79. The summed E-state index contributed by atoms with van der Waals surface area (Å²) in [5, 5.41) is 13.8. The van der Waals surface area contributed by atoms with Crippen molar-refractivity contribution in [3.8, 4) is 6.26 Å². The van der Waals surface area contributed by atoms with Gasteiger partial charge in [0.2, 0.25) is 0 Å². The summed E-state index contributed by atoms with van der Waals surface area (Å²) < 4.78 is 8.88. The number of hydrogen-bond acceptors (Lipinski definition) is 4. The molecule has 0 atom stereocenters. The van der Waals surface area contributed by atoms with Gasteiger partial charge in [0.15, 0.2) is 0 Å². The molecule has 0 saturated heterocycles. The molecular formula is CH8N2NaO5P. The maximum atomic E-state index is 8.88. The molecule has 7 nitrogen and oxygen atoms in total. The summed E-state index contributed by atoms with van der Waals surface area (Å²) in [6.45, 7) is 0.